The van der Waals surface area contributed by atoms with Crippen LogP contribution < -0.4 is 15.5 Å². The minimum atomic E-state index is -0.0479. The van der Waals surface area contributed by atoms with Crippen LogP contribution in [0.25, 0.3) is 0 Å². The molecule has 0 aromatic carbocycles. The van der Waals surface area contributed by atoms with Gasteiger partial charge in [0.05, 0.1) is 6.54 Å². The molecule has 0 fully saturated rings. The molecule has 0 saturated carbocycles. The van der Waals surface area contributed by atoms with Gasteiger partial charge < -0.3 is 15.5 Å². The SMILES string of the molecule is CNC(=O)CN(C)c1cc(NC)nc(C(C)C)n1. The van der Waals surface area contributed by atoms with Crippen LogP contribution >= 0.6 is 0 Å². The lowest BCUT2D eigenvalue weighted by molar-refractivity contribution is -0.119. The Kier molecular flexibility index (Phi) is 4.88. The summed E-state index contributed by atoms with van der Waals surface area (Å²) in [6.07, 6.45) is 0. The average molecular weight is 251 g/mol. The lowest BCUT2D eigenvalue weighted by Gasteiger charge is -2.19. The molecule has 2 N–H and O–H groups in total. The lowest BCUT2D eigenvalue weighted by Crippen LogP contribution is -2.33. The number of anilines is 2. The second-order valence-electron chi connectivity index (χ2n) is 4.40. The number of rotatable bonds is 5. The van der Waals surface area contributed by atoms with E-state index in [1.165, 1.54) is 0 Å². The van der Waals surface area contributed by atoms with Crippen LogP contribution in [-0.4, -0.2) is 43.6 Å². The minimum absolute atomic E-state index is 0.0479. The number of carbonyl (C=O) groups is 1. The molecule has 0 radical (unpaired) electrons. The summed E-state index contributed by atoms with van der Waals surface area (Å²) in [5.41, 5.74) is 0. The molecular formula is C12H21N5O. The molecule has 1 heterocycles. The summed E-state index contributed by atoms with van der Waals surface area (Å²) in [4.78, 5) is 22.0. The van der Waals surface area contributed by atoms with Gasteiger partial charge in [0, 0.05) is 33.1 Å². The molecule has 1 aromatic rings. The number of hydrogen-bond donors (Lipinski definition) is 2. The predicted molar refractivity (Wildman–Crippen MR) is 73.0 cm³/mol. The summed E-state index contributed by atoms with van der Waals surface area (Å²) < 4.78 is 0. The fourth-order valence-corrected chi connectivity index (χ4v) is 1.41. The summed E-state index contributed by atoms with van der Waals surface area (Å²) in [5, 5.41) is 5.60. The Bertz CT molecular complexity index is 419. The molecule has 6 heteroatoms. The molecule has 0 aliphatic rings. The maximum absolute atomic E-state index is 11.4. The largest absolute Gasteiger partial charge is 0.373 e. The van der Waals surface area contributed by atoms with Gasteiger partial charge in [0.1, 0.15) is 17.5 Å². The highest BCUT2D eigenvalue weighted by molar-refractivity contribution is 5.80. The Morgan fingerprint density at radius 1 is 1.39 bits per heavy atom. The first kappa shape index (κ1) is 14.2. The summed E-state index contributed by atoms with van der Waals surface area (Å²) in [5.74, 6) is 2.45. The average Bonchev–Trinajstić information content (AvgIpc) is 2.37. The van der Waals surface area contributed by atoms with Crippen LogP contribution in [0.4, 0.5) is 11.6 Å². The van der Waals surface area contributed by atoms with Crippen molar-refractivity contribution in [1.82, 2.24) is 15.3 Å². The van der Waals surface area contributed by atoms with Crippen LogP contribution in [0.5, 0.6) is 0 Å². The Morgan fingerprint density at radius 3 is 2.56 bits per heavy atom. The van der Waals surface area contributed by atoms with Gasteiger partial charge in [-0.2, -0.15) is 0 Å². The van der Waals surface area contributed by atoms with Gasteiger partial charge in [0.15, 0.2) is 0 Å². The van der Waals surface area contributed by atoms with Crippen LogP contribution in [0, 0.1) is 0 Å². The smallest absolute Gasteiger partial charge is 0.239 e. The number of hydrogen-bond acceptors (Lipinski definition) is 5. The van der Waals surface area contributed by atoms with Crippen molar-refractivity contribution in [1.29, 1.82) is 0 Å². The van der Waals surface area contributed by atoms with Gasteiger partial charge in [0.25, 0.3) is 0 Å². The van der Waals surface area contributed by atoms with E-state index >= 15 is 0 Å². The molecule has 0 saturated heterocycles. The third kappa shape index (κ3) is 3.58. The fraction of sp³-hybridized carbons (Fsp3) is 0.583. The zero-order valence-electron chi connectivity index (χ0n) is 11.6. The second-order valence-corrected chi connectivity index (χ2v) is 4.40. The number of nitrogens with zero attached hydrogens (tertiary/aromatic N) is 3. The van der Waals surface area contributed by atoms with E-state index in [0.717, 1.165) is 17.5 Å². The van der Waals surface area contributed by atoms with Crippen LogP contribution in [0.2, 0.25) is 0 Å². The maximum Gasteiger partial charge on any atom is 0.239 e. The maximum atomic E-state index is 11.4. The van der Waals surface area contributed by atoms with E-state index in [1.807, 2.05) is 34.0 Å². The van der Waals surface area contributed by atoms with E-state index in [-0.39, 0.29) is 18.4 Å². The monoisotopic (exact) mass is 251 g/mol. The molecule has 0 spiro atoms. The van der Waals surface area contributed by atoms with Crippen LogP contribution in [-0.2, 0) is 4.79 Å². The van der Waals surface area contributed by atoms with Crippen LogP contribution in [0.1, 0.15) is 25.6 Å². The van der Waals surface area contributed by atoms with Crippen LogP contribution in [0.3, 0.4) is 0 Å². The first-order valence-electron chi connectivity index (χ1n) is 5.96. The number of amides is 1. The zero-order chi connectivity index (χ0) is 13.7. The van der Waals surface area contributed by atoms with E-state index in [4.69, 9.17) is 0 Å². The van der Waals surface area contributed by atoms with E-state index in [0.29, 0.717) is 0 Å². The fourth-order valence-electron chi connectivity index (χ4n) is 1.41. The highest BCUT2D eigenvalue weighted by Crippen LogP contribution is 2.18. The van der Waals surface area contributed by atoms with E-state index in [1.54, 1.807) is 11.9 Å². The van der Waals surface area contributed by atoms with Crippen molar-refractivity contribution in [3.63, 3.8) is 0 Å². The highest BCUT2D eigenvalue weighted by Gasteiger charge is 2.12. The molecule has 18 heavy (non-hydrogen) atoms. The van der Waals surface area contributed by atoms with Gasteiger partial charge in [-0.05, 0) is 0 Å². The van der Waals surface area contributed by atoms with Crippen molar-refractivity contribution < 1.29 is 4.79 Å². The standard InChI is InChI=1S/C12H21N5O/c1-8(2)12-15-9(13-3)6-10(16-12)17(5)7-11(18)14-4/h6,8H,7H2,1-5H3,(H,14,18)(H,13,15,16). The van der Waals surface area contributed by atoms with Gasteiger partial charge >= 0.3 is 0 Å². The topological polar surface area (TPSA) is 70.2 Å². The molecule has 1 aromatic heterocycles. The van der Waals surface area contributed by atoms with Crippen molar-refractivity contribution in [2.75, 3.05) is 37.9 Å². The molecule has 1 rings (SSSR count). The van der Waals surface area contributed by atoms with Gasteiger partial charge in [-0.1, -0.05) is 13.8 Å². The van der Waals surface area contributed by atoms with Crippen molar-refractivity contribution in [3.05, 3.63) is 11.9 Å². The van der Waals surface area contributed by atoms with Crippen molar-refractivity contribution in [2.24, 2.45) is 0 Å². The Morgan fingerprint density at radius 2 is 2.06 bits per heavy atom. The molecule has 6 nitrogen and oxygen atoms in total. The molecule has 0 aliphatic carbocycles. The lowest BCUT2D eigenvalue weighted by atomic mass is 10.2. The Balaban J connectivity index is 2.99. The van der Waals surface area contributed by atoms with Gasteiger partial charge in [-0.15, -0.1) is 0 Å². The summed E-state index contributed by atoms with van der Waals surface area (Å²) >= 11 is 0. The molecule has 0 atom stereocenters. The van der Waals surface area contributed by atoms with Gasteiger partial charge in [-0.3, -0.25) is 4.79 Å². The van der Waals surface area contributed by atoms with Crippen LogP contribution in [0.15, 0.2) is 6.07 Å². The third-order valence-corrected chi connectivity index (χ3v) is 2.55. The molecule has 100 valence electrons. The van der Waals surface area contributed by atoms with E-state index in [2.05, 4.69) is 20.6 Å². The van der Waals surface area contributed by atoms with Crippen molar-refractivity contribution >= 4 is 17.5 Å². The molecule has 0 bridgehead atoms. The van der Waals surface area contributed by atoms with E-state index in [9.17, 15) is 4.79 Å². The highest BCUT2D eigenvalue weighted by atomic mass is 16.1. The molecule has 1 amide bonds. The number of nitrogens with one attached hydrogen (secondary N) is 2. The normalized spacial score (nSPS) is 10.3. The first-order valence-corrected chi connectivity index (χ1v) is 5.96. The number of carbonyl (C=O) groups excluding carboxylic acids is 1. The quantitative estimate of drug-likeness (QED) is 0.811. The Labute approximate surface area is 108 Å². The van der Waals surface area contributed by atoms with E-state index < -0.39 is 0 Å². The van der Waals surface area contributed by atoms with Crippen molar-refractivity contribution in [3.8, 4) is 0 Å². The number of aromatic nitrogens is 2. The minimum Gasteiger partial charge on any atom is -0.373 e. The van der Waals surface area contributed by atoms with Crippen molar-refractivity contribution in [2.45, 2.75) is 19.8 Å². The number of likely N-dealkylation sites (N-methyl/N-ethyl adjacent to an activating group) is 2. The van der Waals surface area contributed by atoms with Gasteiger partial charge in [0.2, 0.25) is 5.91 Å². The summed E-state index contributed by atoms with van der Waals surface area (Å²) in [6.45, 7) is 4.35. The summed E-state index contributed by atoms with van der Waals surface area (Å²) in [6, 6.07) is 1.83. The third-order valence-electron chi connectivity index (χ3n) is 2.55. The predicted octanol–water partition coefficient (Wildman–Crippen LogP) is 0.824. The van der Waals surface area contributed by atoms with Gasteiger partial charge in [-0.25, -0.2) is 9.97 Å². The second kappa shape index (κ2) is 6.18. The zero-order valence-corrected chi connectivity index (χ0v) is 11.6. The Hall–Kier alpha value is -1.85. The molecule has 0 aliphatic heterocycles. The first-order chi connectivity index (χ1) is 8.47. The molecule has 0 unspecified atom stereocenters. The summed E-state index contributed by atoms with van der Waals surface area (Å²) in [7, 11) is 5.27. The molecular weight excluding hydrogens is 230 g/mol.